The van der Waals surface area contributed by atoms with Crippen molar-refractivity contribution >= 4 is 21.9 Å². The van der Waals surface area contributed by atoms with E-state index in [1.54, 1.807) is 18.2 Å². The Morgan fingerprint density at radius 1 is 1.40 bits per heavy atom. The van der Waals surface area contributed by atoms with Crippen molar-refractivity contribution < 1.29 is 0 Å². The smallest absolute Gasteiger partial charge is 0.240 e. The summed E-state index contributed by atoms with van der Waals surface area (Å²) < 4.78 is 1.95. The fraction of sp³-hybridized carbons (Fsp3) is 0. The maximum Gasteiger partial charge on any atom is 0.240 e. The van der Waals surface area contributed by atoms with Gasteiger partial charge in [0.25, 0.3) is 0 Å². The fourth-order valence-corrected chi connectivity index (χ4v) is 1.67. The van der Waals surface area contributed by atoms with Crippen LogP contribution >= 0.6 is 15.9 Å². The minimum atomic E-state index is 0.162. The molecule has 1 heterocycles. The zero-order valence-electron chi connectivity index (χ0n) is 7.55. The van der Waals surface area contributed by atoms with Crippen LogP contribution in [0.25, 0.3) is 5.69 Å². The number of nitrogen functional groups attached to an aromatic ring is 1. The number of aromatic nitrogens is 3. The molecule has 0 unspecified atom stereocenters. The number of para-hydroxylation sites is 1. The van der Waals surface area contributed by atoms with E-state index in [9.17, 15) is 0 Å². The molecular weight excluding hydrogens is 258 g/mol. The summed E-state index contributed by atoms with van der Waals surface area (Å²) in [6.07, 6.45) is 0. The molecule has 0 saturated heterocycles. The van der Waals surface area contributed by atoms with E-state index in [0.717, 1.165) is 0 Å². The molecule has 0 spiro atoms. The number of nitrogens with two attached hydrogens (primary N) is 1. The maximum atomic E-state index is 8.92. The normalized spacial score (nSPS) is 9.87. The van der Waals surface area contributed by atoms with Crippen LogP contribution < -0.4 is 5.73 Å². The average molecular weight is 264 g/mol. The molecule has 0 aliphatic heterocycles. The number of benzene rings is 1. The van der Waals surface area contributed by atoms with Crippen molar-refractivity contribution in [3.05, 3.63) is 34.6 Å². The summed E-state index contributed by atoms with van der Waals surface area (Å²) >= 11 is 3.22. The maximum absolute atomic E-state index is 8.92. The molecule has 0 radical (unpaired) electrons. The molecule has 0 saturated carbocycles. The first-order valence-electron chi connectivity index (χ1n) is 4.10. The molecule has 1 aromatic carbocycles. The monoisotopic (exact) mass is 263 g/mol. The number of halogens is 1. The molecule has 5 nitrogen and oxygen atoms in total. The highest BCUT2D eigenvalue weighted by Gasteiger charge is 2.10. The van der Waals surface area contributed by atoms with Crippen LogP contribution in [0.5, 0.6) is 0 Å². The lowest BCUT2D eigenvalue weighted by Gasteiger charge is -2.02. The zero-order chi connectivity index (χ0) is 10.8. The summed E-state index contributed by atoms with van der Waals surface area (Å²) in [7, 11) is 0. The summed E-state index contributed by atoms with van der Waals surface area (Å²) in [6, 6.07) is 9.17. The van der Waals surface area contributed by atoms with Crippen molar-refractivity contribution in [1.29, 1.82) is 5.26 Å². The lowest BCUT2D eigenvalue weighted by atomic mass is 10.2. The first-order chi connectivity index (χ1) is 7.22. The molecule has 1 aromatic heterocycles. The van der Waals surface area contributed by atoms with Crippen LogP contribution in [0.3, 0.4) is 0 Å². The zero-order valence-corrected chi connectivity index (χ0v) is 9.14. The first kappa shape index (κ1) is 9.68. The summed E-state index contributed by atoms with van der Waals surface area (Å²) in [5.74, 6) is 0.162. The van der Waals surface area contributed by atoms with Gasteiger partial charge in [0, 0.05) is 0 Å². The van der Waals surface area contributed by atoms with Crippen molar-refractivity contribution in [3.63, 3.8) is 0 Å². The molecule has 0 atom stereocenters. The number of hydrogen-bond acceptors (Lipinski definition) is 4. The minimum absolute atomic E-state index is 0.162. The van der Waals surface area contributed by atoms with Crippen LogP contribution in [-0.2, 0) is 0 Å². The second-order valence-electron chi connectivity index (χ2n) is 2.78. The van der Waals surface area contributed by atoms with E-state index in [1.165, 1.54) is 4.68 Å². The Hall–Kier alpha value is -1.87. The van der Waals surface area contributed by atoms with Gasteiger partial charge in [0.1, 0.15) is 6.07 Å². The van der Waals surface area contributed by atoms with Gasteiger partial charge < -0.3 is 5.73 Å². The van der Waals surface area contributed by atoms with E-state index in [2.05, 4.69) is 32.1 Å². The van der Waals surface area contributed by atoms with E-state index in [0.29, 0.717) is 16.0 Å². The van der Waals surface area contributed by atoms with Gasteiger partial charge in [0.15, 0.2) is 0 Å². The highest BCUT2D eigenvalue weighted by Crippen LogP contribution is 2.18. The molecule has 0 fully saturated rings. The quantitative estimate of drug-likeness (QED) is 0.845. The van der Waals surface area contributed by atoms with Gasteiger partial charge in [-0.1, -0.05) is 12.1 Å². The molecule has 74 valence electrons. The van der Waals surface area contributed by atoms with Crippen molar-refractivity contribution in [2.24, 2.45) is 0 Å². The third kappa shape index (κ3) is 1.69. The summed E-state index contributed by atoms with van der Waals surface area (Å²) in [5.41, 5.74) is 6.62. The predicted molar refractivity (Wildman–Crippen MR) is 58.2 cm³/mol. The van der Waals surface area contributed by atoms with Crippen molar-refractivity contribution in [2.75, 3.05) is 5.73 Å². The van der Waals surface area contributed by atoms with Gasteiger partial charge in [0.2, 0.25) is 10.7 Å². The van der Waals surface area contributed by atoms with Gasteiger partial charge in [-0.3, -0.25) is 0 Å². The van der Waals surface area contributed by atoms with E-state index >= 15 is 0 Å². The highest BCUT2D eigenvalue weighted by molar-refractivity contribution is 9.10. The van der Waals surface area contributed by atoms with E-state index in [-0.39, 0.29) is 5.95 Å². The van der Waals surface area contributed by atoms with Crippen LogP contribution in [0.15, 0.2) is 29.0 Å². The molecule has 6 heteroatoms. The first-order valence-corrected chi connectivity index (χ1v) is 4.89. The van der Waals surface area contributed by atoms with Crippen LogP contribution in [-0.4, -0.2) is 14.8 Å². The topological polar surface area (TPSA) is 80.5 Å². The predicted octanol–water partition coefficient (Wildman–Crippen LogP) is 1.48. The number of hydrogen-bond donors (Lipinski definition) is 1. The van der Waals surface area contributed by atoms with E-state index < -0.39 is 0 Å². The SMILES string of the molecule is N#Cc1ccccc1-n1nc(N)nc1Br. The Bertz CT molecular complexity index is 540. The third-order valence-electron chi connectivity index (χ3n) is 1.84. The minimum Gasteiger partial charge on any atom is -0.366 e. The Balaban J connectivity index is 2.64. The summed E-state index contributed by atoms with van der Waals surface area (Å²) in [6.45, 7) is 0. The largest absolute Gasteiger partial charge is 0.366 e. The van der Waals surface area contributed by atoms with E-state index in [1.807, 2.05) is 6.07 Å². The van der Waals surface area contributed by atoms with Crippen LogP contribution in [0.2, 0.25) is 0 Å². The molecule has 15 heavy (non-hydrogen) atoms. The molecular formula is C9H6BrN5. The van der Waals surface area contributed by atoms with Gasteiger partial charge in [0.05, 0.1) is 11.3 Å². The Morgan fingerprint density at radius 2 is 2.13 bits per heavy atom. The number of rotatable bonds is 1. The van der Waals surface area contributed by atoms with Gasteiger partial charge in [-0.15, -0.1) is 5.10 Å². The Labute approximate surface area is 94.3 Å². The Kier molecular flexibility index (Phi) is 2.39. The standard InChI is InChI=1S/C9H6BrN5/c10-8-13-9(12)14-15(8)7-4-2-1-3-6(7)5-11/h1-4H,(H2,12,14). The second-order valence-corrected chi connectivity index (χ2v) is 3.49. The number of nitrogens with zero attached hydrogens (tertiary/aromatic N) is 4. The fourth-order valence-electron chi connectivity index (χ4n) is 1.21. The van der Waals surface area contributed by atoms with Gasteiger partial charge >= 0.3 is 0 Å². The van der Waals surface area contributed by atoms with Crippen molar-refractivity contribution in [3.8, 4) is 11.8 Å². The molecule has 0 aliphatic rings. The Morgan fingerprint density at radius 3 is 2.73 bits per heavy atom. The lowest BCUT2D eigenvalue weighted by Crippen LogP contribution is -2.00. The van der Waals surface area contributed by atoms with Gasteiger partial charge in [-0.2, -0.15) is 10.2 Å². The van der Waals surface area contributed by atoms with Crippen molar-refractivity contribution in [2.45, 2.75) is 0 Å². The lowest BCUT2D eigenvalue weighted by molar-refractivity contribution is 0.857. The highest BCUT2D eigenvalue weighted by atomic mass is 79.9. The van der Waals surface area contributed by atoms with Crippen LogP contribution in [0.4, 0.5) is 5.95 Å². The third-order valence-corrected chi connectivity index (χ3v) is 2.35. The van der Waals surface area contributed by atoms with Gasteiger partial charge in [-0.05, 0) is 28.1 Å². The number of anilines is 1. The molecule has 0 aliphatic carbocycles. The van der Waals surface area contributed by atoms with Crippen LogP contribution in [0, 0.1) is 11.3 Å². The molecule has 0 bridgehead atoms. The molecule has 2 aromatic rings. The molecule has 2 N–H and O–H groups in total. The van der Waals surface area contributed by atoms with Crippen LogP contribution in [0.1, 0.15) is 5.56 Å². The summed E-state index contributed by atoms with van der Waals surface area (Å²) in [5, 5.41) is 12.9. The van der Waals surface area contributed by atoms with E-state index in [4.69, 9.17) is 11.0 Å². The molecule has 0 amide bonds. The van der Waals surface area contributed by atoms with Gasteiger partial charge in [-0.25, -0.2) is 4.68 Å². The number of nitriles is 1. The average Bonchev–Trinajstić information content (AvgIpc) is 2.57. The summed E-state index contributed by atoms with van der Waals surface area (Å²) in [4.78, 5) is 3.90. The molecule has 2 rings (SSSR count). The van der Waals surface area contributed by atoms with Crippen molar-refractivity contribution in [1.82, 2.24) is 14.8 Å². The second kappa shape index (κ2) is 3.71.